The van der Waals surface area contributed by atoms with Crippen LogP contribution in [-0.2, 0) is 22.6 Å². The van der Waals surface area contributed by atoms with Crippen LogP contribution < -0.4 is 10.6 Å². The molecule has 8 heteroatoms. The molecule has 3 atom stereocenters. The molecule has 6 nitrogen and oxygen atoms in total. The maximum atomic E-state index is 13.4. The monoisotopic (exact) mass is 424 g/mol. The number of fused-ring (bicyclic) bond motifs is 2. The molecule has 0 radical (unpaired) electrons. The Hall–Kier alpha value is -3.26. The summed E-state index contributed by atoms with van der Waals surface area (Å²) in [4.78, 5) is 30.6. The van der Waals surface area contributed by atoms with Gasteiger partial charge in [-0.15, -0.1) is 0 Å². The highest BCUT2D eigenvalue weighted by atomic mass is 19.2. The summed E-state index contributed by atoms with van der Waals surface area (Å²) in [5.41, 5.74) is 2.59. The number of hydrogen-bond donors (Lipinski definition) is 3. The lowest BCUT2D eigenvalue weighted by Gasteiger charge is -2.34. The number of nitrogens with zero attached hydrogens (tertiary/aromatic N) is 1. The first-order valence-electron chi connectivity index (χ1n) is 10.3. The van der Waals surface area contributed by atoms with Crippen LogP contribution in [0.1, 0.15) is 17.5 Å². The van der Waals surface area contributed by atoms with E-state index in [0.29, 0.717) is 31.5 Å². The number of halogens is 2. The van der Waals surface area contributed by atoms with Gasteiger partial charge < -0.3 is 20.5 Å². The zero-order valence-electron chi connectivity index (χ0n) is 16.7. The molecule has 1 aromatic heterocycles. The Morgan fingerprint density at radius 3 is 2.77 bits per heavy atom. The lowest BCUT2D eigenvalue weighted by Crippen LogP contribution is -2.61. The van der Waals surface area contributed by atoms with E-state index in [1.165, 1.54) is 6.07 Å². The minimum atomic E-state index is -0.891. The molecule has 2 amide bonds. The van der Waals surface area contributed by atoms with E-state index in [0.717, 1.165) is 28.6 Å². The third-order valence-corrected chi connectivity index (χ3v) is 6.18. The number of amides is 2. The van der Waals surface area contributed by atoms with Gasteiger partial charge in [-0.3, -0.25) is 9.59 Å². The Morgan fingerprint density at radius 1 is 1.10 bits per heavy atom. The molecule has 3 heterocycles. The van der Waals surface area contributed by atoms with Gasteiger partial charge in [0.2, 0.25) is 11.8 Å². The first kappa shape index (κ1) is 19.7. The van der Waals surface area contributed by atoms with E-state index < -0.39 is 23.7 Å². The molecule has 160 valence electrons. The van der Waals surface area contributed by atoms with Crippen molar-refractivity contribution >= 4 is 22.7 Å². The van der Waals surface area contributed by atoms with Crippen molar-refractivity contribution in [1.29, 1.82) is 0 Å². The third-order valence-electron chi connectivity index (χ3n) is 6.18. The third kappa shape index (κ3) is 3.67. The lowest BCUT2D eigenvalue weighted by molar-refractivity contribution is -0.146. The average Bonchev–Trinajstić information content (AvgIpc) is 3.38. The van der Waals surface area contributed by atoms with Gasteiger partial charge in [-0.2, -0.15) is 0 Å². The van der Waals surface area contributed by atoms with Crippen LogP contribution in [0.3, 0.4) is 0 Å². The van der Waals surface area contributed by atoms with Crippen LogP contribution in [-0.4, -0.2) is 46.4 Å². The molecule has 3 aromatic rings. The molecule has 0 aliphatic carbocycles. The number of aromatic nitrogens is 1. The van der Waals surface area contributed by atoms with Crippen molar-refractivity contribution in [3.8, 4) is 0 Å². The fourth-order valence-corrected chi connectivity index (χ4v) is 4.58. The summed E-state index contributed by atoms with van der Waals surface area (Å²) in [7, 11) is 0. The first-order valence-corrected chi connectivity index (χ1v) is 10.3. The summed E-state index contributed by atoms with van der Waals surface area (Å²) in [5, 5.41) is 7.19. The number of rotatable bonds is 5. The standard InChI is InChI=1S/C23H22F2N4O2/c24-17-6-5-13(7-18(17)25)10-26-15-9-21-22(30)28-20(23(31)29(21)12-15)8-14-11-27-19-4-2-1-3-16(14)19/h1-7,11,15,20-21,26-27H,8-10,12H2,(H,28,30)/t15-,20-,21-/m0/s1. The molecular formula is C23H22F2N4O2. The average molecular weight is 424 g/mol. The molecule has 2 aliphatic heterocycles. The van der Waals surface area contributed by atoms with Crippen LogP contribution in [0.5, 0.6) is 0 Å². The van der Waals surface area contributed by atoms with Gasteiger partial charge >= 0.3 is 0 Å². The Labute approximate surface area is 177 Å². The summed E-state index contributed by atoms with van der Waals surface area (Å²) in [5.74, 6) is -2.02. The van der Waals surface area contributed by atoms with Crippen molar-refractivity contribution in [1.82, 2.24) is 20.5 Å². The molecule has 3 N–H and O–H groups in total. The SMILES string of the molecule is O=C1N[C@@H](Cc2c[nH]c3ccccc23)C(=O)N2C[C@@H](NCc3ccc(F)c(F)c3)C[C@@H]12. The van der Waals surface area contributed by atoms with Gasteiger partial charge in [-0.05, 0) is 35.7 Å². The summed E-state index contributed by atoms with van der Waals surface area (Å²) in [6.45, 7) is 0.738. The normalized spacial score (nSPS) is 23.3. The predicted octanol–water partition coefficient (Wildman–Crippen LogP) is 2.25. The Bertz CT molecular complexity index is 1160. The van der Waals surface area contributed by atoms with E-state index in [1.807, 2.05) is 30.5 Å². The van der Waals surface area contributed by atoms with Crippen molar-refractivity contribution < 1.29 is 18.4 Å². The van der Waals surface area contributed by atoms with Crippen LogP contribution in [0.4, 0.5) is 8.78 Å². The van der Waals surface area contributed by atoms with Crippen LogP contribution in [0, 0.1) is 11.6 Å². The molecule has 2 aromatic carbocycles. The molecule has 0 unspecified atom stereocenters. The van der Waals surface area contributed by atoms with Gasteiger partial charge in [0, 0.05) is 42.7 Å². The second-order valence-corrected chi connectivity index (χ2v) is 8.19. The minimum Gasteiger partial charge on any atom is -0.361 e. The number of H-pyrrole nitrogens is 1. The van der Waals surface area contributed by atoms with Crippen LogP contribution in [0.15, 0.2) is 48.7 Å². The van der Waals surface area contributed by atoms with Crippen LogP contribution >= 0.6 is 0 Å². The maximum Gasteiger partial charge on any atom is 0.246 e. The highest BCUT2D eigenvalue weighted by molar-refractivity contribution is 5.98. The molecule has 2 fully saturated rings. The molecule has 0 spiro atoms. The fraction of sp³-hybridized carbons (Fsp3) is 0.304. The topological polar surface area (TPSA) is 77.2 Å². The van der Waals surface area contributed by atoms with Crippen LogP contribution in [0.2, 0.25) is 0 Å². The number of piperazine rings is 1. The molecule has 5 rings (SSSR count). The number of carbonyl (C=O) groups excluding carboxylic acids is 2. The zero-order valence-corrected chi connectivity index (χ0v) is 16.7. The van der Waals surface area contributed by atoms with Crippen molar-refractivity contribution in [3.63, 3.8) is 0 Å². The number of para-hydroxylation sites is 1. The van der Waals surface area contributed by atoms with Crippen LogP contribution in [0.25, 0.3) is 10.9 Å². The first-order chi connectivity index (χ1) is 15.0. The van der Waals surface area contributed by atoms with Gasteiger partial charge in [0.25, 0.3) is 0 Å². The molecule has 2 aliphatic rings. The number of carbonyl (C=O) groups is 2. The quantitative estimate of drug-likeness (QED) is 0.588. The Morgan fingerprint density at radius 2 is 1.94 bits per heavy atom. The van der Waals surface area contributed by atoms with Gasteiger partial charge in [-0.1, -0.05) is 24.3 Å². The summed E-state index contributed by atoms with van der Waals surface area (Å²) < 4.78 is 26.5. The van der Waals surface area contributed by atoms with Gasteiger partial charge in [0.1, 0.15) is 12.1 Å². The van der Waals surface area contributed by atoms with Crippen molar-refractivity contribution in [3.05, 3.63) is 71.4 Å². The Balaban J connectivity index is 1.25. The highest BCUT2D eigenvalue weighted by Crippen LogP contribution is 2.26. The molecular weight excluding hydrogens is 402 g/mol. The summed E-state index contributed by atoms with van der Waals surface area (Å²) in [6, 6.07) is 10.4. The summed E-state index contributed by atoms with van der Waals surface area (Å²) >= 11 is 0. The number of aromatic amines is 1. The van der Waals surface area contributed by atoms with E-state index >= 15 is 0 Å². The van der Waals surface area contributed by atoms with Crippen molar-refractivity contribution in [2.45, 2.75) is 37.5 Å². The second kappa shape index (κ2) is 7.77. The molecule has 0 bridgehead atoms. The number of benzene rings is 2. The molecule has 31 heavy (non-hydrogen) atoms. The zero-order chi connectivity index (χ0) is 21.5. The second-order valence-electron chi connectivity index (χ2n) is 8.19. The van der Waals surface area contributed by atoms with E-state index in [1.54, 1.807) is 4.90 Å². The van der Waals surface area contributed by atoms with Gasteiger partial charge in [0.05, 0.1) is 0 Å². The van der Waals surface area contributed by atoms with E-state index in [9.17, 15) is 18.4 Å². The largest absolute Gasteiger partial charge is 0.361 e. The molecule has 0 saturated carbocycles. The lowest BCUT2D eigenvalue weighted by atomic mass is 10.0. The molecule has 2 saturated heterocycles. The number of nitrogens with one attached hydrogen (secondary N) is 3. The number of hydrogen-bond acceptors (Lipinski definition) is 3. The Kier molecular flexibility index (Phi) is 4.94. The van der Waals surface area contributed by atoms with E-state index in [-0.39, 0.29) is 17.9 Å². The van der Waals surface area contributed by atoms with E-state index in [2.05, 4.69) is 15.6 Å². The van der Waals surface area contributed by atoms with E-state index in [4.69, 9.17) is 0 Å². The predicted molar refractivity (Wildman–Crippen MR) is 111 cm³/mol. The van der Waals surface area contributed by atoms with Gasteiger partial charge in [-0.25, -0.2) is 8.78 Å². The van der Waals surface area contributed by atoms with Crippen molar-refractivity contribution in [2.24, 2.45) is 0 Å². The van der Waals surface area contributed by atoms with Gasteiger partial charge in [0.15, 0.2) is 11.6 Å². The smallest absolute Gasteiger partial charge is 0.246 e. The fourth-order valence-electron chi connectivity index (χ4n) is 4.58. The maximum absolute atomic E-state index is 13.4. The highest BCUT2D eigenvalue weighted by Gasteiger charge is 2.46. The van der Waals surface area contributed by atoms with Crippen molar-refractivity contribution in [2.75, 3.05) is 6.54 Å². The summed E-state index contributed by atoms with van der Waals surface area (Å²) in [6.07, 6.45) is 2.79. The minimum absolute atomic E-state index is 0.0907.